The van der Waals surface area contributed by atoms with Crippen LogP contribution >= 0.6 is 11.3 Å². The summed E-state index contributed by atoms with van der Waals surface area (Å²) in [5, 5.41) is 9.01. The van der Waals surface area contributed by atoms with Crippen molar-refractivity contribution in [1.82, 2.24) is 14.9 Å². The van der Waals surface area contributed by atoms with Crippen LogP contribution in [-0.4, -0.2) is 44.4 Å². The van der Waals surface area contributed by atoms with Gasteiger partial charge < -0.3 is 10.6 Å². The molecule has 0 atom stereocenters. The minimum absolute atomic E-state index is 0.146. The molecule has 4 rings (SSSR count). The number of sulfonamides is 1. The smallest absolute Gasteiger partial charge is 0.239 e. The molecule has 0 unspecified atom stereocenters. The van der Waals surface area contributed by atoms with E-state index in [9.17, 15) is 12.8 Å². The van der Waals surface area contributed by atoms with Crippen molar-refractivity contribution in [2.24, 2.45) is 4.99 Å². The van der Waals surface area contributed by atoms with E-state index in [2.05, 4.69) is 33.1 Å². The lowest BCUT2D eigenvalue weighted by Crippen LogP contribution is -2.53. The van der Waals surface area contributed by atoms with Crippen molar-refractivity contribution in [3.63, 3.8) is 0 Å². The average molecular weight is 505 g/mol. The number of aliphatic imine (C=N–C) groups is 1. The second-order valence-electron chi connectivity index (χ2n) is 9.33. The molecule has 1 aliphatic heterocycles. The Hall–Kier alpha value is -2.15. The highest BCUT2D eigenvalue weighted by Crippen LogP contribution is 2.39. The molecule has 2 aliphatic carbocycles. The zero-order valence-corrected chi connectivity index (χ0v) is 21.1. The fourth-order valence-corrected chi connectivity index (χ4v) is 7.68. The van der Waals surface area contributed by atoms with Crippen LogP contribution in [0.3, 0.4) is 0 Å². The van der Waals surface area contributed by atoms with Gasteiger partial charge in [0.1, 0.15) is 5.83 Å². The van der Waals surface area contributed by atoms with E-state index in [0.29, 0.717) is 49.4 Å². The molecule has 34 heavy (non-hydrogen) atoms. The SMILES string of the molecule is C#CN=C(NCC1(c2cccs2)CCN(S(=O)(=O)C2=CC=C(F)CC2)CC1)NC1CCCCC1. The summed E-state index contributed by atoms with van der Waals surface area (Å²) in [6.07, 6.45) is 15.8. The molecule has 6 nitrogen and oxygen atoms in total. The number of hydrogen-bond acceptors (Lipinski definition) is 4. The van der Waals surface area contributed by atoms with Crippen LogP contribution in [0.25, 0.3) is 0 Å². The molecule has 1 aromatic rings. The standard InChI is InChI=1S/C25H33FN4O2S2/c1-2-27-24(29-21-7-4-3-5-8-21)28-19-25(23-9-6-18-33-23)14-16-30(17-15-25)34(31,32)22-12-10-20(26)11-13-22/h1,6,9-10,12,18,21H,3-5,7-8,11,13-17,19H2,(H2,27,28,29). The predicted octanol–water partition coefficient (Wildman–Crippen LogP) is 4.40. The molecule has 0 spiro atoms. The molecule has 2 fully saturated rings. The number of piperidine rings is 1. The summed E-state index contributed by atoms with van der Waals surface area (Å²) in [6, 6.07) is 6.94. The van der Waals surface area contributed by atoms with E-state index >= 15 is 0 Å². The van der Waals surface area contributed by atoms with Crippen molar-refractivity contribution in [1.29, 1.82) is 0 Å². The number of hydrogen-bond donors (Lipinski definition) is 2. The maximum atomic E-state index is 13.4. The molecule has 0 radical (unpaired) electrons. The van der Waals surface area contributed by atoms with Crippen LogP contribution in [0, 0.1) is 12.5 Å². The second-order valence-corrected chi connectivity index (χ2v) is 12.3. The Morgan fingerprint density at radius 1 is 1.24 bits per heavy atom. The normalized spacial score (nSPS) is 22.4. The monoisotopic (exact) mass is 504 g/mol. The van der Waals surface area contributed by atoms with E-state index in [1.807, 2.05) is 6.07 Å². The Morgan fingerprint density at radius 3 is 2.62 bits per heavy atom. The largest absolute Gasteiger partial charge is 0.355 e. The van der Waals surface area contributed by atoms with Gasteiger partial charge in [-0.25, -0.2) is 12.8 Å². The molecule has 0 amide bonds. The lowest BCUT2D eigenvalue weighted by atomic mass is 9.77. The maximum Gasteiger partial charge on any atom is 0.239 e. The topological polar surface area (TPSA) is 73.8 Å². The third kappa shape index (κ3) is 5.73. The van der Waals surface area contributed by atoms with E-state index < -0.39 is 10.0 Å². The molecular weight excluding hydrogens is 471 g/mol. The molecule has 184 valence electrons. The Balaban J connectivity index is 1.46. The Labute approximate surface area is 206 Å². The molecule has 1 saturated heterocycles. The van der Waals surface area contributed by atoms with Crippen LogP contribution in [-0.2, 0) is 15.4 Å². The lowest BCUT2D eigenvalue weighted by molar-refractivity contribution is 0.236. The van der Waals surface area contributed by atoms with Gasteiger partial charge in [-0.15, -0.1) is 11.3 Å². The zero-order chi connectivity index (χ0) is 24.0. The first kappa shape index (κ1) is 25.0. The van der Waals surface area contributed by atoms with Crippen LogP contribution in [0.1, 0.15) is 62.7 Å². The third-order valence-corrected chi connectivity index (χ3v) is 10.3. The minimum atomic E-state index is -3.58. The van der Waals surface area contributed by atoms with Crippen LogP contribution in [0.4, 0.5) is 4.39 Å². The summed E-state index contributed by atoms with van der Waals surface area (Å²) >= 11 is 1.70. The van der Waals surface area contributed by atoms with Gasteiger partial charge in [0, 0.05) is 48.4 Å². The van der Waals surface area contributed by atoms with Crippen LogP contribution in [0.15, 0.2) is 45.4 Å². The van der Waals surface area contributed by atoms with Gasteiger partial charge in [0.15, 0.2) is 0 Å². The highest BCUT2D eigenvalue weighted by Gasteiger charge is 2.41. The van der Waals surface area contributed by atoms with Crippen LogP contribution in [0.2, 0.25) is 0 Å². The summed E-state index contributed by atoms with van der Waals surface area (Å²) in [5.74, 6) is 0.355. The van der Waals surface area contributed by atoms with E-state index in [4.69, 9.17) is 6.42 Å². The van der Waals surface area contributed by atoms with Gasteiger partial charge >= 0.3 is 0 Å². The molecule has 2 N–H and O–H groups in total. The van der Waals surface area contributed by atoms with Crippen molar-refractivity contribution in [3.8, 4) is 12.5 Å². The number of nitrogens with one attached hydrogen (secondary N) is 2. The molecule has 9 heteroatoms. The number of nitrogens with zero attached hydrogens (tertiary/aromatic N) is 2. The Morgan fingerprint density at radius 2 is 2.00 bits per heavy atom. The number of terminal acetylenes is 1. The number of rotatable bonds is 6. The van der Waals surface area contributed by atoms with E-state index in [0.717, 1.165) is 12.8 Å². The van der Waals surface area contributed by atoms with E-state index in [1.54, 1.807) is 15.6 Å². The van der Waals surface area contributed by atoms with Gasteiger partial charge in [-0.05, 0) is 55.7 Å². The third-order valence-electron chi connectivity index (χ3n) is 7.17. The number of guanidine groups is 1. The highest BCUT2D eigenvalue weighted by atomic mass is 32.2. The average Bonchev–Trinajstić information content (AvgIpc) is 3.40. The molecular formula is C25H33FN4O2S2. The predicted molar refractivity (Wildman–Crippen MR) is 137 cm³/mol. The van der Waals surface area contributed by atoms with Gasteiger partial charge in [-0.2, -0.15) is 9.30 Å². The molecule has 1 aromatic heterocycles. The minimum Gasteiger partial charge on any atom is -0.355 e. The summed E-state index contributed by atoms with van der Waals surface area (Å²) in [5.41, 5.74) is -0.212. The summed E-state index contributed by atoms with van der Waals surface area (Å²) in [7, 11) is -3.58. The van der Waals surface area contributed by atoms with Gasteiger partial charge in [0.2, 0.25) is 16.0 Å². The summed E-state index contributed by atoms with van der Waals surface area (Å²) < 4.78 is 41.2. The lowest BCUT2D eigenvalue weighted by Gasteiger charge is -2.41. The highest BCUT2D eigenvalue weighted by molar-refractivity contribution is 7.93. The fraction of sp³-hybridized carbons (Fsp3) is 0.560. The van der Waals surface area contributed by atoms with Crippen molar-refractivity contribution < 1.29 is 12.8 Å². The Kier molecular flexibility index (Phi) is 8.12. The number of thiophene rings is 1. The van der Waals surface area contributed by atoms with Crippen LogP contribution < -0.4 is 10.6 Å². The van der Waals surface area contributed by atoms with E-state index in [-0.39, 0.29) is 24.1 Å². The van der Waals surface area contributed by atoms with Gasteiger partial charge in [0.05, 0.1) is 4.91 Å². The van der Waals surface area contributed by atoms with Crippen molar-refractivity contribution in [2.45, 2.75) is 69.2 Å². The number of allylic oxidation sites excluding steroid dienone is 4. The zero-order valence-electron chi connectivity index (χ0n) is 19.4. The molecule has 0 bridgehead atoms. The fourth-order valence-electron chi connectivity index (χ4n) is 5.10. The van der Waals surface area contributed by atoms with Gasteiger partial charge in [0.25, 0.3) is 0 Å². The summed E-state index contributed by atoms with van der Waals surface area (Å²) in [4.78, 5) is 5.75. The van der Waals surface area contributed by atoms with Crippen LogP contribution in [0.5, 0.6) is 0 Å². The van der Waals surface area contributed by atoms with Crippen molar-refractivity contribution >= 4 is 27.3 Å². The van der Waals surface area contributed by atoms with Gasteiger partial charge in [-0.1, -0.05) is 31.8 Å². The van der Waals surface area contributed by atoms with E-state index in [1.165, 1.54) is 36.3 Å². The molecule has 0 aromatic carbocycles. The number of halogens is 1. The Bertz CT molecular complexity index is 1070. The molecule has 2 heterocycles. The van der Waals surface area contributed by atoms with Gasteiger partial charge in [-0.3, -0.25) is 0 Å². The second kappa shape index (κ2) is 11.1. The van der Waals surface area contributed by atoms with Crippen molar-refractivity contribution in [2.75, 3.05) is 19.6 Å². The summed E-state index contributed by atoms with van der Waals surface area (Å²) in [6.45, 7) is 1.46. The van der Waals surface area contributed by atoms with Crippen molar-refractivity contribution in [3.05, 3.63) is 45.3 Å². The molecule has 3 aliphatic rings. The first-order chi connectivity index (χ1) is 16.4. The first-order valence-electron chi connectivity index (χ1n) is 12.1. The quantitative estimate of drug-likeness (QED) is 0.342. The molecule has 1 saturated carbocycles. The first-order valence-corrected chi connectivity index (χ1v) is 14.4. The maximum absolute atomic E-state index is 13.4.